The third kappa shape index (κ3) is 3.08. The van der Waals surface area contributed by atoms with E-state index in [-0.39, 0.29) is 0 Å². The summed E-state index contributed by atoms with van der Waals surface area (Å²) in [5, 5.41) is 7.64. The molecule has 0 aliphatic rings. The van der Waals surface area contributed by atoms with E-state index in [1.165, 1.54) is 0 Å². The lowest BCUT2D eigenvalue weighted by Crippen LogP contribution is -2.05. The number of anilines is 2. The standard InChI is InChI=1S/C16H17N5/c1-2-17-14-9-15(21-11-20-14)19-10-13-6-3-5-12-7-4-8-18-16(12)13/h3-9,11H,2,10H2,1H3,(H2,17,19,20,21). The highest BCUT2D eigenvalue weighted by molar-refractivity contribution is 5.81. The van der Waals surface area contributed by atoms with Gasteiger partial charge in [-0.2, -0.15) is 0 Å². The predicted octanol–water partition coefficient (Wildman–Crippen LogP) is 3.07. The molecule has 2 heterocycles. The Morgan fingerprint density at radius 3 is 2.62 bits per heavy atom. The summed E-state index contributed by atoms with van der Waals surface area (Å²) < 4.78 is 0. The molecule has 0 fully saturated rings. The zero-order valence-corrected chi connectivity index (χ0v) is 11.9. The molecule has 1 aromatic carbocycles. The molecule has 0 saturated carbocycles. The van der Waals surface area contributed by atoms with Gasteiger partial charge in [-0.05, 0) is 18.6 Å². The second-order valence-corrected chi connectivity index (χ2v) is 4.66. The van der Waals surface area contributed by atoms with Crippen LogP contribution in [-0.4, -0.2) is 21.5 Å². The molecule has 3 rings (SSSR count). The van der Waals surface area contributed by atoms with Crippen molar-refractivity contribution in [1.29, 1.82) is 0 Å². The second kappa shape index (κ2) is 6.17. The summed E-state index contributed by atoms with van der Waals surface area (Å²) in [5.74, 6) is 1.62. The van der Waals surface area contributed by atoms with E-state index >= 15 is 0 Å². The monoisotopic (exact) mass is 279 g/mol. The number of para-hydroxylation sites is 1. The third-order valence-corrected chi connectivity index (χ3v) is 3.20. The molecule has 0 amide bonds. The number of hydrogen-bond donors (Lipinski definition) is 2. The Bertz CT molecular complexity index is 736. The van der Waals surface area contributed by atoms with Crippen molar-refractivity contribution in [3.05, 3.63) is 54.5 Å². The van der Waals surface area contributed by atoms with Crippen molar-refractivity contribution < 1.29 is 0 Å². The molecule has 0 spiro atoms. The zero-order chi connectivity index (χ0) is 14.5. The molecule has 0 bridgehead atoms. The SMILES string of the molecule is CCNc1cc(NCc2cccc3cccnc23)ncn1. The summed E-state index contributed by atoms with van der Waals surface area (Å²) in [7, 11) is 0. The summed E-state index contributed by atoms with van der Waals surface area (Å²) in [6, 6.07) is 12.1. The molecule has 0 aliphatic carbocycles. The van der Waals surface area contributed by atoms with Crippen LogP contribution in [0.4, 0.5) is 11.6 Å². The van der Waals surface area contributed by atoms with Crippen molar-refractivity contribution in [2.75, 3.05) is 17.2 Å². The maximum absolute atomic E-state index is 4.46. The van der Waals surface area contributed by atoms with Crippen LogP contribution in [0.1, 0.15) is 12.5 Å². The first kappa shape index (κ1) is 13.3. The van der Waals surface area contributed by atoms with E-state index < -0.39 is 0 Å². The van der Waals surface area contributed by atoms with Crippen LogP contribution >= 0.6 is 0 Å². The number of nitrogens with one attached hydrogen (secondary N) is 2. The van der Waals surface area contributed by atoms with Gasteiger partial charge >= 0.3 is 0 Å². The Hall–Kier alpha value is -2.69. The predicted molar refractivity (Wildman–Crippen MR) is 85.3 cm³/mol. The highest BCUT2D eigenvalue weighted by Crippen LogP contribution is 2.17. The van der Waals surface area contributed by atoms with E-state index in [4.69, 9.17) is 0 Å². The Balaban J connectivity index is 1.79. The van der Waals surface area contributed by atoms with E-state index in [2.05, 4.69) is 43.8 Å². The number of aromatic nitrogens is 3. The minimum atomic E-state index is 0.678. The Kier molecular flexibility index (Phi) is 3.91. The first-order chi connectivity index (χ1) is 10.4. The van der Waals surface area contributed by atoms with Crippen molar-refractivity contribution >= 4 is 22.5 Å². The average Bonchev–Trinajstić information content (AvgIpc) is 2.53. The first-order valence-corrected chi connectivity index (χ1v) is 6.99. The van der Waals surface area contributed by atoms with Crippen molar-refractivity contribution in [2.24, 2.45) is 0 Å². The fourth-order valence-corrected chi connectivity index (χ4v) is 2.23. The Morgan fingerprint density at radius 1 is 0.952 bits per heavy atom. The molecule has 106 valence electrons. The lowest BCUT2D eigenvalue weighted by molar-refractivity contribution is 1.07. The summed E-state index contributed by atoms with van der Waals surface area (Å²) in [4.78, 5) is 12.8. The molecule has 21 heavy (non-hydrogen) atoms. The van der Waals surface area contributed by atoms with Crippen LogP contribution in [0, 0.1) is 0 Å². The molecule has 0 aliphatic heterocycles. The zero-order valence-electron chi connectivity index (χ0n) is 11.9. The largest absolute Gasteiger partial charge is 0.370 e. The fraction of sp³-hybridized carbons (Fsp3) is 0.188. The second-order valence-electron chi connectivity index (χ2n) is 4.66. The maximum atomic E-state index is 4.46. The van der Waals surface area contributed by atoms with Gasteiger partial charge in [-0.1, -0.05) is 24.3 Å². The molecular weight excluding hydrogens is 262 g/mol. The van der Waals surface area contributed by atoms with Gasteiger partial charge in [-0.3, -0.25) is 4.98 Å². The summed E-state index contributed by atoms with van der Waals surface area (Å²) in [5.41, 5.74) is 2.17. The minimum Gasteiger partial charge on any atom is -0.370 e. The van der Waals surface area contributed by atoms with Gasteiger partial charge in [0.05, 0.1) is 5.52 Å². The van der Waals surface area contributed by atoms with Gasteiger partial charge in [-0.25, -0.2) is 9.97 Å². The van der Waals surface area contributed by atoms with Gasteiger partial charge in [0.15, 0.2) is 0 Å². The number of fused-ring (bicyclic) bond motifs is 1. The molecule has 5 heteroatoms. The summed E-state index contributed by atoms with van der Waals surface area (Å²) in [6.07, 6.45) is 3.38. The van der Waals surface area contributed by atoms with E-state index in [9.17, 15) is 0 Å². The number of pyridine rings is 1. The lowest BCUT2D eigenvalue weighted by Gasteiger charge is -2.09. The van der Waals surface area contributed by atoms with Gasteiger partial charge in [0, 0.05) is 30.7 Å². The number of rotatable bonds is 5. The molecule has 2 aromatic heterocycles. The average molecular weight is 279 g/mol. The topological polar surface area (TPSA) is 62.7 Å². The van der Waals surface area contributed by atoms with Crippen LogP contribution in [0.15, 0.2) is 48.9 Å². The van der Waals surface area contributed by atoms with E-state index in [1.54, 1.807) is 6.33 Å². The molecule has 0 saturated heterocycles. The van der Waals surface area contributed by atoms with E-state index in [0.29, 0.717) is 6.54 Å². The minimum absolute atomic E-state index is 0.678. The third-order valence-electron chi connectivity index (χ3n) is 3.20. The van der Waals surface area contributed by atoms with Gasteiger partial charge in [-0.15, -0.1) is 0 Å². The van der Waals surface area contributed by atoms with Crippen LogP contribution in [-0.2, 0) is 6.54 Å². The molecule has 0 atom stereocenters. The Labute approximate surface area is 123 Å². The lowest BCUT2D eigenvalue weighted by atomic mass is 10.1. The Morgan fingerprint density at radius 2 is 1.76 bits per heavy atom. The van der Waals surface area contributed by atoms with Crippen LogP contribution < -0.4 is 10.6 Å². The smallest absolute Gasteiger partial charge is 0.131 e. The molecule has 0 radical (unpaired) electrons. The van der Waals surface area contributed by atoms with Crippen LogP contribution in [0.25, 0.3) is 10.9 Å². The summed E-state index contributed by atoms with van der Waals surface area (Å²) in [6.45, 7) is 3.55. The van der Waals surface area contributed by atoms with Crippen molar-refractivity contribution in [1.82, 2.24) is 15.0 Å². The first-order valence-electron chi connectivity index (χ1n) is 6.99. The molecular formula is C16H17N5. The van der Waals surface area contributed by atoms with Crippen LogP contribution in [0.5, 0.6) is 0 Å². The normalized spacial score (nSPS) is 10.5. The molecule has 2 N–H and O–H groups in total. The quantitative estimate of drug-likeness (QED) is 0.751. The van der Waals surface area contributed by atoms with Gasteiger partial charge in [0.1, 0.15) is 18.0 Å². The fourth-order valence-electron chi connectivity index (χ4n) is 2.23. The highest BCUT2D eigenvalue weighted by atomic mass is 15.1. The van der Waals surface area contributed by atoms with Gasteiger partial charge in [0.25, 0.3) is 0 Å². The van der Waals surface area contributed by atoms with Crippen molar-refractivity contribution in [3.8, 4) is 0 Å². The van der Waals surface area contributed by atoms with E-state index in [0.717, 1.165) is 34.6 Å². The van der Waals surface area contributed by atoms with E-state index in [1.807, 2.05) is 31.3 Å². The summed E-state index contributed by atoms with van der Waals surface area (Å²) >= 11 is 0. The highest BCUT2D eigenvalue weighted by Gasteiger charge is 2.03. The number of hydrogen-bond acceptors (Lipinski definition) is 5. The number of benzene rings is 1. The maximum Gasteiger partial charge on any atom is 0.131 e. The van der Waals surface area contributed by atoms with Gasteiger partial charge in [0.2, 0.25) is 0 Å². The molecule has 0 unspecified atom stereocenters. The van der Waals surface area contributed by atoms with Crippen molar-refractivity contribution in [2.45, 2.75) is 13.5 Å². The van der Waals surface area contributed by atoms with Crippen LogP contribution in [0.3, 0.4) is 0 Å². The molecule has 3 aromatic rings. The van der Waals surface area contributed by atoms with Crippen LogP contribution in [0.2, 0.25) is 0 Å². The van der Waals surface area contributed by atoms with Gasteiger partial charge < -0.3 is 10.6 Å². The number of nitrogens with zero attached hydrogens (tertiary/aromatic N) is 3. The molecule has 5 nitrogen and oxygen atoms in total. The van der Waals surface area contributed by atoms with Crippen molar-refractivity contribution in [3.63, 3.8) is 0 Å².